The van der Waals surface area contributed by atoms with Crippen molar-refractivity contribution < 1.29 is 4.74 Å². The molecule has 0 aromatic heterocycles. The Balaban J connectivity index is 0.00000196. The second-order valence-electron chi connectivity index (χ2n) is 7.59. The molecule has 3 aliphatic rings. The van der Waals surface area contributed by atoms with Gasteiger partial charge >= 0.3 is 0 Å². The highest BCUT2D eigenvalue weighted by molar-refractivity contribution is 14.0. The molecule has 3 saturated heterocycles. The first-order valence-corrected chi connectivity index (χ1v) is 9.73. The Kier molecular flexibility index (Phi) is 7.17. The van der Waals surface area contributed by atoms with Gasteiger partial charge < -0.3 is 15.4 Å². The minimum absolute atomic E-state index is 0. The fraction of sp³-hybridized carbons (Fsp3) is 0.650. The molecule has 3 fully saturated rings. The lowest BCUT2D eigenvalue weighted by atomic mass is 9.96. The second kappa shape index (κ2) is 9.37. The van der Waals surface area contributed by atoms with Crippen molar-refractivity contribution in [1.29, 1.82) is 0 Å². The van der Waals surface area contributed by atoms with E-state index >= 15 is 0 Å². The number of guanidine groups is 1. The van der Waals surface area contributed by atoms with Gasteiger partial charge in [-0.25, -0.2) is 0 Å². The summed E-state index contributed by atoms with van der Waals surface area (Å²) in [6.45, 7) is 4.38. The number of halogens is 1. The van der Waals surface area contributed by atoms with Gasteiger partial charge in [-0.05, 0) is 56.3 Å². The standard InChI is InChI=1S/C20H30N4O.HI/c1-21-20(23-18-12-17-8-9-19(18)25-17)22-13-15-4-6-16(7-5-15)14-24-10-2-3-11-24;/h4-7,17-19H,2-3,8-14H2,1H3,(H2,21,22,23);1H. The molecule has 1 aromatic rings. The monoisotopic (exact) mass is 470 g/mol. The SMILES string of the molecule is CN=C(NCc1ccc(CN2CCCC2)cc1)NC1CC2CCC1O2.I. The number of rotatable bonds is 5. The van der Waals surface area contributed by atoms with E-state index in [1.807, 2.05) is 7.05 Å². The van der Waals surface area contributed by atoms with Gasteiger partial charge in [0.2, 0.25) is 0 Å². The van der Waals surface area contributed by atoms with Gasteiger partial charge in [0, 0.05) is 20.1 Å². The first kappa shape index (κ1) is 19.9. The molecule has 0 aliphatic carbocycles. The highest BCUT2D eigenvalue weighted by Crippen LogP contribution is 2.34. The molecule has 3 aliphatic heterocycles. The summed E-state index contributed by atoms with van der Waals surface area (Å²) in [5.41, 5.74) is 2.70. The van der Waals surface area contributed by atoms with Crippen molar-refractivity contribution in [2.75, 3.05) is 20.1 Å². The van der Waals surface area contributed by atoms with Crippen molar-refractivity contribution in [1.82, 2.24) is 15.5 Å². The predicted octanol–water partition coefficient (Wildman–Crippen LogP) is 2.89. The summed E-state index contributed by atoms with van der Waals surface area (Å²) in [6.07, 6.45) is 7.04. The van der Waals surface area contributed by atoms with E-state index in [4.69, 9.17) is 4.74 Å². The summed E-state index contributed by atoms with van der Waals surface area (Å²) in [4.78, 5) is 6.91. The number of nitrogens with zero attached hydrogens (tertiary/aromatic N) is 2. The Bertz CT molecular complexity index is 600. The molecule has 0 radical (unpaired) electrons. The van der Waals surface area contributed by atoms with Gasteiger partial charge in [0.25, 0.3) is 0 Å². The maximum Gasteiger partial charge on any atom is 0.191 e. The minimum atomic E-state index is 0. The van der Waals surface area contributed by atoms with Crippen LogP contribution in [-0.2, 0) is 17.8 Å². The zero-order valence-corrected chi connectivity index (χ0v) is 17.9. The number of likely N-dealkylation sites (tertiary alicyclic amines) is 1. The average molecular weight is 470 g/mol. The van der Waals surface area contributed by atoms with Gasteiger partial charge in [0.1, 0.15) is 0 Å². The molecule has 2 bridgehead atoms. The van der Waals surface area contributed by atoms with E-state index < -0.39 is 0 Å². The predicted molar refractivity (Wildman–Crippen MR) is 116 cm³/mol. The molecule has 0 amide bonds. The highest BCUT2D eigenvalue weighted by Gasteiger charge is 2.41. The van der Waals surface area contributed by atoms with E-state index in [1.165, 1.54) is 49.9 Å². The van der Waals surface area contributed by atoms with E-state index in [-0.39, 0.29) is 24.0 Å². The smallest absolute Gasteiger partial charge is 0.191 e. The molecule has 26 heavy (non-hydrogen) atoms. The third kappa shape index (κ3) is 4.89. The summed E-state index contributed by atoms with van der Waals surface area (Å²) < 4.78 is 5.91. The summed E-state index contributed by atoms with van der Waals surface area (Å²) in [7, 11) is 1.84. The number of fused-ring (bicyclic) bond motifs is 2. The van der Waals surface area contributed by atoms with Crippen molar-refractivity contribution in [2.45, 2.75) is 63.4 Å². The molecule has 6 heteroatoms. The van der Waals surface area contributed by atoms with Gasteiger partial charge in [-0.15, -0.1) is 24.0 Å². The topological polar surface area (TPSA) is 48.9 Å². The molecule has 0 spiro atoms. The summed E-state index contributed by atoms with van der Waals surface area (Å²) >= 11 is 0. The quantitative estimate of drug-likeness (QED) is 0.395. The van der Waals surface area contributed by atoms with Crippen molar-refractivity contribution in [3.05, 3.63) is 35.4 Å². The van der Waals surface area contributed by atoms with Gasteiger partial charge in [0.15, 0.2) is 5.96 Å². The fourth-order valence-corrected chi connectivity index (χ4v) is 4.31. The van der Waals surface area contributed by atoms with Gasteiger partial charge in [-0.3, -0.25) is 9.89 Å². The lowest BCUT2D eigenvalue weighted by Crippen LogP contribution is -2.47. The van der Waals surface area contributed by atoms with Crippen LogP contribution in [0.4, 0.5) is 0 Å². The van der Waals surface area contributed by atoms with E-state index in [0.717, 1.165) is 25.5 Å². The Morgan fingerprint density at radius 2 is 1.88 bits per heavy atom. The Hall–Kier alpha value is -0.860. The van der Waals surface area contributed by atoms with Crippen LogP contribution in [0.2, 0.25) is 0 Å². The molecule has 2 N–H and O–H groups in total. The van der Waals surface area contributed by atoms with Crippen LogP contribution in [0.1, 0.15) is 43.2 Å². The van der Waals surface area contributed by atoms with Gasteiger partial charge in [0.05, 0.1) is 18.2 Å². The number of hydrogen-bond donors (Lipinski definition) is 2. The van der Waals surface area contributed by atoms with Crippen molar-refractivity contribution >= 4 is 29.9 Å². The maximum atomic E-state index is 5.91. The second-order valence-corrected chi connectivity index (χ2v) is 7.59. The molecule has 0 saturated carbocycles. The molecule has 3 atom stereocenters. The zero-order chi connectivity index (χ0) is 17.1. The molecular weight excluding hydrogens is 439 g/mol. The van der Waals surface area contributed by atoms with E-state index in [9.17, 15) is 0 Å². The summed E-state index contributed by atoms with van der Waals surface area (Å²) in [5.74, 6) is 0.877. The van der Waals surface area contributed by atoms with E-state index in [2.05, 4.69) is 44.8 Å². The van der Waals surface area contributed by atoms with Crippen LogP contribution in [0.15, 0.2) is 29.3 Å². The average Bonchev–Trinajstić information content (AvgIpc) is 3.38. The van der Waals surface area contributed by atoms with E-state index in [0.29, 0.717) is 18.2 Å². The molecule has 1 aromatic carbocycles. The Labute approximate surface area is 174 Å². The highest BCUT2D eigenvalue weighted by atomic mass is 127. The summed E-state index contributed by atoms with van der Waals surface area (Å²) in [5, 5.41) is 6.97. The Morgan fingerprint density at radius 1 is 1.15 bits per heavy atom. The first-order valence-electron chi connectivity index (χ1n) is 9.73. The van der Waals surface area contributed by atoms with Gasteiger partial charge in [-0.1, -0.05) is 24.3 Å². The van der Waals surface area contributed by atoms with E-state index in [1.54, 1.807) is 0 Å². The lowest BCUT2D eigenvalue weighted by Gasteiger charge is -2.22. The fourth-order valence-electron chi connectivity index (χ4n) is 4.31. The van der Waals surface area contributed by atoms with Crippen LogP contribution < -0.4 is 10.6 Å². The molecule has 144 valence electrons. The van der Waals surface area contributed by atoms with Crippen LogP contribution in [0.5, 0.6) is 0 Å². The largest absolute Gasteiger partial charge is 0.373 e. The lowest BCUT2D eigenvalue weighted by molar-refractivity contribution is 0.0992. The van der Waals surface area contributed by atoms with Crippen molar-refractivity contribution in [3.8, 4) is 0 Å². The Morgan fingerprint density at radius 3 is 2.50 bits per heavy atom. The number of ether oxygens (including phenoxy) is 1. The normalized spacial score (nSPS) is 28.2. The van der Waals surface area contributed by atoms with Crippen LogP contribution in [0, 0.1) is 0 Å². The molecular formula is C20H31IN4O. The zero-order valence-electron chi connectivity index (χ0n) is 15.6. The van der Waals surface area contributed by atoms with Crippen molar-refractivity contribution in [3.63, 3.8) is 0 Å². The third-order valence-electron chi connectivity index (χ3n) is 5.74. The first-order chi connectivity index (χ1) is 12.3. The minimum Gasteiger partial charge on any atom is -0.373 e. The molecule has 3 heterocycles. The van der Waals surface area contributed by atoms with Crippen LogP contribution >= 0.6 is 24.0 Å². The maximum absolute atomic E-state index is 5.91. The van der Waals surface area contributed by atoms with Crippen LogP contribution in [0.25, 0.3) is 0 Å². The number of benzene rings is 1. The third-order valence-corrected chi connectivity index (χ3v) is 5.74. The van der Waals surface area contributed by atoms with Crippen LogP contribution in [-0.4, -0.2) is 49.2 Å². The number of aliphatic imine (C=N–C) groups is 1. The van der Waals surface area contributed by atoms with Gasteiger partial charge in [-0.2, -0.15) is 0 Å². The number of nitrogens with one attached hydrogen (secondary N) is 2. The molecule has 5 nitrogen and oxygen atoms in total. The van der Waals surface area contributed by atoms with Crippen LogP contribution in [0.3, 0.4) is 0 Å². The number of hydrogen-bond acceptors (Lipinski definition) is 3. The summed E-state index contributed by atoms with van der Waals surface area (Å²) in [6, 6.07) is 9.39. The molecule has 3 unspecified atom stereocenters. The van der Waals surface area contributed by atoms with Crippen molar-refractivity contribution in [2.24, 2.45) is 4.99 Å². The molecule has 4 rings (SSSR count).